The first-order valence-corrected chi connectivity index (χ1v) is 6.76. The van der Waals surface area contributed by atoms with Crippen molar-refractivity contribution in [2.24, 2.45) is 5.92 Å². The molecular weight excluding hydrogens is 290 g/mol. The molecule has 0 aromatic carbocycles. The summed E-state index contributed by atoms with van der Waals surface area (Å²) >= 11 is 0.975. The van der Waals surface area contributed by atoms with Crippen LogP contribution in [0.5, 0.6) is 0 Å². The quantitative estimate of drug-likeness (QED) is 0.656. The zero-order valence-corrected chi connectivity index (χ0v) is 11.9. The second kappa shape index (κ2) is 7.42. The fourth-order valence-corrected chi connectivity index (χ4v) is 2.68. The molecule has 1 atom stereocenters. The maximum Gasteiger partial charge on any atom is 0.324 e. The number of carbonyl (C=O) groups excluding carboxylic acids is 1. The summed E-state index contributed by atoms with van der Waals surface area (Å²) < 4.78 is 0. The van der Waals surface area contributed by atoms with E-state index >= 15 is 0 Å². The first-order valence-electron chi connectivity index (χ1n) is 5.88. The fraction of sp³-hybridized carbons (Fsp3) is 0.545. The van der Waals surface area contributed by atoms with Crippen molar-refractivity contribution in [1.82, 2.24) is 10.6 Å². The Hall–Kier alpha value is -1.18. The van der Waals surface area contributed by atoms with Gasteiger partial charge in [0.2, 0.25) is 0 Å². The number of nitro groups is 1. The van der Waals surface area contributed by atoms with Crippen molar-refractivity contribution < 1.29 is 9.72 Å². The van der Waals surface area contributed by atoms with Crippen molar-refractivity contribution in [2.75, 3.05) is 19.6 Å². The summed E-state index contributed by atoms with van der Waals surface area (Å²) in [6.45, 7) is 2.58. The van der Waals surface area contributed by atoms with E-state index in [1.807, 2.05) is 0 Å². The number of nitrogens with one attached hydrogen (secondary N) is 2. The van der Waals surface area contributed by atoms with E-state index in [1.54, 1.807) is 0 Å². The van der Waals surface area contributed by atoms with Gasteiger partial charge < -0.3 is 10.6 Å². The van der Waals surface area contributed by atoms with Gasteiger partial charge >= 0.3 is 5.00 Å². The van der Waals surface area contributed by atoms with Crippen molar-refractivity contribution in [3.63, 3.8) is 0 Å². The zero-order chi connectivity index (χ0) is 13.0. The summed E-state index contributed by atoms with van der Waals surface area (Å²) in [6, 6.07) is 1.32. The summed E-state index contributed by atoms with van der Waals surface area (Å²) in [7, 11) is 0. The van der Waals surface area contributed by atoms with Crippen LogP contribution in [0.4, 0.5) is 5.00 Å². The molecule has 1 unspecified atom stereocenters. The SMILES string of the molecule is Cl.O=C(NCC1CCCNC1)c1csc([N+](=O)[O-])c1. The summed E-state index contributed by atoms with van der Waals surface area (Å²) in [5.74, 6) is 0.223. The van der Waals surface area contributed by atoms with Crippen LogP contribution in [-0.2, 0) is 0 Å². The molecule has 2 rings (SSSR count). The molecule has 2 heterocycles. The molecule has 1 fully saturated rings. The van der Waals surface area contributed by atoms with E-state index in [9.17, 15) is 14.9 Å². The zero-order valence-electron chi connectivity index (χ0n) is 10.3. The average Bonchev–Trinajstić information content (AvgIpc) is 2.87. The minimum atomic E-state index is -0.480. The fourth-order valence-electron chi connectivity index (χ4n) is 1.98. The van der Waals surface area contributed by atoms with Crippen LogP contribution < -0.4 is 10.6 Å². The average molecular weight is 306 g/mol. The third kappa shape index (κ3) is 4.45. The van der Waals surface area contributed by atoms with Gasteiger partial charge in [0.1, 0.15) is 0 Å². The Bertz CT molecular complexity index is 446. The van der Waals surface area contributed by atoms with Gasteiger partial charge in [0.05, 0.1) is 10.5 Å². The Morgan fingerprint density at radius 1 is 1.63 bits per heavy atom. The molecule has 0 aliphatic carbocycles. The van der Waals surface area contributed by atoms with Gasteiger partial charge in [0, 0.05) is 18.0 Å². The number of hydrogen-bond donors (Lipinski definition) is 2. The van der Waals surface area contributed by atoms with Crippen molar-refractivity contribution in [1.29, 1.82) is 0 Å². The molecule has 0 radical (unpaired) electrons. The molecule has 2 N–H and O–H groups in total. The number of rotatable bonds is 4. The molecule has 6 nitrogen and oxygen atoms in total. The van der Waals surface area contributed by atoms with Crippen molar-refractivity contribution in [3.05, 3.63) is 27.1 Å². The van der Waals surface area contributed by atoms with Gasteiger partial charge in [0.25, 0.3) is 5.91 Å². The molecule has 1 aromatic rings. The highest BCUT2D eigenvalue weighted by Crippen LogP contribution is 2.22. The molecular formula is C11H16ClN3O3S. The molecule has 1 aliphatic rings. The lowest BCUT2D eigenvalue weighted by Gasteiger charge is -2.22. The minimum absolute atomic E-state index is 0. The lowest BCUT2D eigenvalue weighted by atomic mass is 10.00. The first kappa shape index (κ1) is 15.9. The first-order chi connectivity index (χ1) is 8.66. The second-order valence-electron chi connectivity index (χ2n) is 4.35. The molecule has 1 aliphatic heterocycles. The number of thiophene rings is 1. The largest absolute Gasteiger partial charge is 0.352 e. The van der Waals surface area contributed by atoms with Crippen molar-refractivity contribution in [3.8, 4) is 0 Å². The van der Waals surface area contributed by atoms with Gasteiger partial charge in [-0.15, -0.1) is 12.4 Å². The number of amides is 1. The molecule has 0 saturated carbocycles. The van der Waals surface area contributed by atoms with E-state index in [2.05, 4.69) is 10.6 Å². The third-order valence-corrected chi connectivity index (χ3v) is 3.86. The van der Waals surface area contributed by atoms with Crippen LogP contribution in [0.2, 0.25) is 0 Å². The smallest absolute Gasteiger partial charge is 0.324 e. The summed E-state index contributed by atoms with van der Waals surface area (Å²) in [4.78, 5) is 21.8. The van der Waals surface area contributed by atoms with E-state index in [0.717, 1.165) is 37.3 Å². The predicted molar refractivity (Wildman–Crippen MR) is 76.1 cm³/mol. The van der Waals surface area contributed by atoms with E-state index in [1.165, 1.54) is 11.4 Å². The van der Waals surface area contributed by atoms with Crippen LogP contribution in [0, 0.1) is 16.0 Å². The molecule has 19 heavy (non-hydrogen) atoms. The Balaban J connectivity index is 0.00000180. The molecule has 0 bridgehead atoms. The monoisotopic (exact) mass is 305 g/mol. The maximum absolute atomic E-state index is 11.8. The highest BCUT2D eigenvalue weighted by Gasteiger charge is 2.17. The van der Waals surface area contributed by atoms with Gasteiger partial charge in [-0.2, -0.15) is 0 Å². The van der Waals surface area contributed by atoms with Crippen molar-refractivity contribution >= 4 is 34.7 Å². The van der Waals surface area contributed by atoms with Crippen LogP contribution in [-0.4, -0.2) is 30.5 Å². The second-order valence-corrected chi connectivity index (χ2v) is 5.24. The summed E-state index contributed by atoms with van der Waals surface area (Å²) in [5, 5.41) is 18.1. The van der Waals surface area contributed by atoms with Crippen molar-refractivity contribution in [2.45, 2.75) is 12.8 Å². The van der Waals surface area contributed by atoms with Gasteiger partial charge in [-0.1, -0.05) is 11.3 Å². The molecule has 1 saturated heterocycles. The van der Waals surface area contributed by atoms with Crippen LogP contribution >= 0.6 is 23.7 Å². The predicted octanol–water partition coefficient (Wildman–Crippen LogP) is 1.81. The van der Waals surface area contributed by atoms with Crippen LogP contribution in [0.1, 0.15) is 23.2 Å². The van der Waals surface area contributed by atoms with Crippen LogP contribution in [0.25, 0.3) is 0 Å². The Kier molecular flexibility index (Phi) is 6.20. The molecule has 1 aromatic heterocycles. The third-order valence-electron chi connectivity index (χ3n) is 2.98. The number of piperidine rings is 1. The van der Waals surface area contributed by atoms with Crippen LogP contribution in [0.3, 0.4) is 0 Å². The van der Waals surface area contributed by atoms with E-state index < -0.39 is 4.92 Å². The number of hydrogen-bond acceptors (Lipinski definition) is 5. The van der Waals surface area contributed by atoms with E-state index in [4.69, 9.17) is 0 Å². The highest BCUT2D eigenvalue weighted by molar-refractivity contribution is 7.13. The Morgan fingerprint density at radius 3 is 3.00 bits per heavy atom. The van der Waals surface area contributed by atoms with E-state index in [-0.39, 0.29) is 23.3 Å². The summed E-state index contributed by atoms with van der Waals surface area (Å²) in [5.41, 5.74) is 0.371. The highest BCUT2D eigenvalue weighted by atomic mass is 35.5. The number of nitrogens with zero attached hydrogens (tertiary/aromatic N) is 1. The molecule has 106 valence electrons. The maximum atomic E-state index is 11.8. The standard InChI is InChI=1S/C11H15N3O3S.ClH/c15-11(9-4-10(14(16)17)18-7-9)13-6-8-2-1-3-12-5-8;/h4,7-8,12H,1-3,5-6H2,(H,13,15);1H. The van der Waals surface area contributed by atoms with Gasteiger partial charge in [-0.25, -0.2) is 0 Å². The summed E-state index contributed by atoms with van der Waals surface area (Å²) in [6.07, 6.45) is 2.24. The lowest BCUT2D eigenvalue weighted by molar-refractivity contribution is -0.380. The Morgan fingerprint density at radius 2 is 2.42 bits per heavy atom. The Labute approximate surface area is 121 Å². The molecule has 8 heteroatoms. The lowest BCUT2D eigenvalue weighted by Crippen LogP contribution is -2.38. The number of carbonyl (C=O) groups is 1. The van der Waals surface area contributed by atoms with Gasteiger partial charge in [0.15, 0.2) is 0 Å². The van der Waals surface area contributed by atoms with Gasteiger partial charge in [-0.3, -0.25) is 14.9 Å². The molecule has 0 spiro atoms. The van der Waals surface area contributed by atoms with E-state index in [0.29, 0.717) is 18.0 Å². The number of halogens is 1. The molecule has 1 amide bonds. The van der Waals surface area contributed by atoms with Gasteiger partial charge in [-0.05, 0) is 31.8 Å². The normalized spacial score (nSPS) is 18.4. The minimum Gasteiger partial charge on any atom is -0.352 e. The topological polar surface area (TPSA) is 84.3 Å². The van der Waals surface area contributed by atoms with Crippen LogP contribution in [0.15, 0.2) is 11.4 Å².